The summed E-state index contributed by atoms with van der Waals surface area (Å²) < 4.78 is 25.1. The molecular weight excluding hydrogens is 330 g/mol. The number of nitrogens with two attached hydrogens (primary N) is 1. The molecule has 1 amide bonds. The molecule has 0 saturated heterocycles. The van der Waals surface area contributed by atoms with Crippen LogP contribution in [0.5, 0.6) is 0 Å². The second-order valence-electron chi connectivity index (χ2n) is 6.08. The number of hydrogen-bond acceptors (Lipinski definition) is 5. The summed E-state index contributed by atoms with van der Waals surface area (Å²) in [6.07, 6.45) is 2.06. The minimum absolute atomic E-state index is 0.0874. The van der Waals surface area contributed by atoms with Gasteiger partial charge in [-0.3, -0.25) is 14.7 Å². The van der Waals surface area contributed by atoms with Crippen LogP contribution in [-0.4, -0.2) is 29.1 Å². The fourth-order valence-corrected chi connectivity index (χ4v) is 3.24. The van der Waals surface area contributed by atoms with Gasteiger partial charge in [-0.15, -0.1) is 10.2 Å². The van der Waals surface area contributed by atoms with E-state index in [2.05, 4.69) is 15.5 Å². The van der Waals surface area contributed by atoms with Crippen molar-refractivity contribution in [3.05, 3.63) is 34.6 Å². The maximum Gasteiger partial charge on any atom is 0.258 e. The molecule has 1 saturated carbocycles. The van der Waals surface area contributed by atoms with Gasteiger partial charge in [0.25, 0.3) is 5.91 Å². The number of benzene rings is 1. The van der Waals surface area contributed by atoms with Gasteiger partial charge in [0.2, 0.25) is 16.0 Å². The second kappa shape index (κ2) is 5.67. The molecule has 24 heavy (non-hydrogen) atoms. The zero-order chi connectivity index (χ0) is 17.6. The average molecular weight is 349 g/mol. The molecular formula is C15H19N5O3S. The Kier molecular flexibility index (Phi) is 3.92. The van der Waals surface area contributed by atoms with E-state index in [0.717, 1.165) is 18.7 Å². The predicted molar refractivity (Wildman–Crippen MR) is 88.3 cm³/mol. The Balaban J connectivity index is 1.97. The predicted octanol–water partition coefficient (Wildman–Crippen LogP) is 1.44. The van der Waals surface area contributed by atoms with E-state index in [1.54, 1.807) is 13.8 Å². The summed E-state index contributed by atoms with van der Waals surface area (Å²) in [6.45, 7) is 5.32. The molecule has 128 valence electrons. The summed E-state index contributed by atoms with van der Waals surface area (Å²) in [5.74, 6) is 0.674. The highest BCUT2D eigenvalue weighted by atomic mass is 32.2. The van der Waals surface area contributed by atoms with Crippen LogP contribution in [0.1, 0.15) is 46.2 Å². The molecule has 8 nitrogen and oxygen atoms in total. The maximum absolute atomic E-state index is 12.6. The Bertz CT molecular complexity index is 929. The highest BCUT2D eigenvalue weighted by molar-refractivity contribution is 7.89. The molecule has 1 aliphatic rings. The Morgan fingerprint density at radius 3 is 2.50 bits per heavy atom. The first-order chi connectivity index (χ1) is 11.2. The Morgan fingerprint density at radius 2 is 1.92 bits per heavy atom. The summed E-state index contributed by atoms with van der Waals surface area (Å²) in [5, 5.41) is 15.9. The van der Waals surface area contributed by atoms with E-state index in [9.17, 15) is 13.2 Å². The first-order valence-corrected chi connectivity index (χ1v) is 9.10. The van der Waals surface area contributed by atoms with Crippen LogP contribution in [0.2, 0.25) is 0 Å². The van der Waals surface area contributed by atoms with E-state index in [1.165, 1.54) is 12.1 Å². The van der Waals surface area contributed by atoms with Crippen LogP contribution in [0, 0.1) is 20.8 Å². The van der Waals surface area contributed by atoms with E-state index in [0.29, 0.717) is 23.1 Å². The van der Waals surface area contributed by atoms with Crippen LogP contribution < -0.4 is 10.5 Å². The smallest absolute Gasteiger partial charge is 0.258 e. The number of aromatic nitrogens is 3. The number of amides is 1. The third-order valence-corrected chi connectivity index (χ3v) is 5.11. The summed E-state index contributed by atoms with van der Waals surface area (Å²) in [7, 11) is -3.89. The quantitative estimate of drug-likeness (QED) is 0.865. The van der Waals surface area contributed by atoms with Gasteiger partial charge in [-0.05, 0) is 56.9 Å². The largest absolute Gasteiger partial charge is 0.294 e. The number of sulfonamides is 1. The molecule has 0 atom stereocenters. The molecule has 0 aliphatic heterocycles. The molecule has 0 unspecified atom stereocenters. The van der Waals surface area contributed by atoms with E-state index in [4.69, 9.17) is 5.14 Å². The monoisotopic (exact) mass is 349 g/mol. The SMILES string of the molecule is Cc1cc(S(N)(=O)=O)cc(C(=O)Nc2nnc(C)n2C2CC2)c1C. The van der Waals surface area contributed by atoms with Gasteiger partial charge in [0.1, 0.15) is 5.82 Å². The summed E-state index contributed by atoms with van der Waals surface area (Å²) >= 11 is 0. The molecule has 9 heteroatoms. The lowest BCUT2D eigenvalue weighted by atomic mass is 10.0. The number of aryl methyl sites for hydroxylation is 2. The summed E-state index contributed by atoms with van der Waals surface area (Å²) in [6, 6.07) is 3.06. The number of primary sulfonamides is 1. The van der Waals surface area contributed by atoms with Crippen LogP contribution in [0.4, 0.5) is 5.95 Å². The van der Waals surface area contributed by atoms with E-state index >= 15 is 0 Å². The number of anilines is 1. The molecule has 0 spiro atoms. The van der Waals surface area contributed by atoms with Crippen LogP contribution in [0.3, 0.4) is 0 Å². The molecule has 1 aliphatic carbocycles. The van der Waals surface area contributed by atoms with Gasteiger partial charge < -0.3 is 0 Å². The van der Waals surface area contributed by atoms with E-state index < -0.39 is 15.9 Å². The van der Waals surface area contributed by atoms with Crippen LogP contribution in [0.15, 0.2) is 17.0 Å². The molecule has 1 aromatic heterocycles. The fraction of sp³-hybridized carbons (Fsp3) is 0.400. The van der Waals surface area contributed by atoms with Gasteiger partial charge in [0, 0.05) is 11.6 Å². The van der Waals surface area contributed by atoms with Gasteiger partial charge in [-0.2, -0.15) is 0 Å². The Hall–Kier alpha value is -2.26. The minimum Gasteiger partial charge on any atom is -0.294 e. The standard InChI is InChI=1S/C15H19N5O3S/c1-8-6-12(24(16,22)23)7-13(9(8)2)14(21)17-15-19-18-10(3)20(15)11-4-5-11/h6-7,11H,4-5H2,1-3H3,(H2,16,22,23)(H,17,19,21). The van der Waals surface area contributed by atoms with Crippen molar-refractivity contribution in [1.82, 2.24) is 14.8 Å². The Labute approximate surface area is 140 Å². The Morgan fingerprint density at radius 1 is 1.25 bits per heavy atom. The molecule has 1 aromatic carbocycles. The zero-order valence-corrected chi connectivity index (χ0v) is 14.5. The van der Waals surface area contributed by atoms with Crippen molar-refractivity contribution in [3.8, 4) is 0 Å². The first-order valence-electron chi connectivity index (χ1n) is 7.55. The first kappa shape index (κ1) is 16.6. The number of rotatable bonds is 4. The van der Waals surface area contributed by atoms with Crippen molar-refractivity contribution in [1.29, 1.82) is 0 Å². The van der Waals surface area contributed by atoms with E-state index in [-0.39, 0.29) is 10.5 Å². The maximum atomic E-state index is 12.6. The van der Waals surface area contributed by atoms with Crippen molar-refractivity contribution in [2.45, 2.75) is 44.6 Å². The molecule has 1 fully saturated rings. The van der Waals surface area contributed by atoms with Crippen molar-refractivity contribution < 1.29 is 13.2 Å². The van der Waals surface area contributed by atoms with Gasteiger partial charge >= 0.3 is 0 Å². The van der Waals surface area contributed by atoms with Crippen molar-refractivity contribution in [3.63, 3.8) is 0 Å². The lowest BCUT2D eigenvalue weighted by Crippen LogP contribution is -2.19. The third kappa shape index (κ3) is 3.04. The van der Waals surface area contributed by atoms with Gasteiger partial charge in [-0.25, -0.2) is 13.6 Å². The molecule has 3 rings (SSSR count). The van der Waals surface area contributed by atoms with Crippen LogP contribution in [-0.2, 0) is 10.0 Å². The number of carbonyl (C=O) groups excluding carboxylic acids is 1. The van der Waals surface area contributed by atoms with E-state index in [1.807, 2.05) is 11.5 Å². The van der Waals surface area contributed by atoms with Crippen LogP contribution in [0.25, 0.3) is 0 Å². The topological polar surface area (TPSA) is 120 Å². The lowest BCUT2D eigenvalue weighted by molar-refractivity contribution is 0.102. The molecule has 2 aromatic rings. The zero-order valence-electron chi connectivity index (χ0n) is 13.7. The molecule has 3 N–H and O–H groups in total. The van der Waals surface area contributed by atoms with Crippen molar-refractivity contribution >= 4 is 21.9 Å². The highest BCUT2D eigenvalue weighted by Crippen LogP contribution is 2.37. The summed E-state index contributed by atoms with van der Waals surface area (Å²) in [4.78, 5) is 12.6. The molecule has 1 heterocycles. The highest BCUT2D eigenvalue weighted by Gasteiger charge is 2.29. The second-order valence-corrected chi connectivity index (χ2v) is 7.65. The van der Waals surface area contributed by atoms with Gasteiger partial charge in [-0.1, -0.05) is 0 Å². The normalized spacial score (nSPS) is 14.7. The van der Waals surface area contributed by atoms with Crippen molar-refractivity contribution in [2.75, 3.05) is 5.32 Å². The fourth-order valence-electron chi connectivity index (χ4n) is 2.62. The lowest BCUT2D eigenvalue weighted by Gasteiger charge is -2.12. The van der Waals surface area contributed by atoms with Crippen LogP contribution >= 0.6 is 0 Å². The minimum atomic E-state index is -3.89. The number of carbonyl (C=O) groups is 1. The molecule has 0 bridgehead atoms. The number of hydrogen-bond donors (Lipinski definition) is 2. The van der Waals surface area contributed by atoms with Gasteiger partial charge in [0.05, 0.1) is 4.90 Å². The third-order valence-electron chi connectivity index (χ3n) is 4.22. The molecule has 0 radical (unpaired) electrons. The van der Waals surface area contributed by atoms with Crippen molar-refractivity contribution in [2.24, 2.45) is 5.14 Å². The summed E-state index contributed by atoms with van der Waals surface area (Å²) in [5.41, 5.74) is 1.61. The number of nitrogens with zero attached hydrogens (tertiary/aromatic N) is 3. The van der Waals surface area contributed by atoms with Gasteiger partial charge in [0.15, 0.2) is 0 Å². The average Bonchev–Trinajstić information content (AvgIpc) is 3.25. The number of nitrogens with one attached hydrogen (secondary N) is 1.